The van der Waals surface area contributed by atoms with Crippen molar-refractivity contribution in [1.82, 2.24) is 4.90 Å². The third-order valence-corrected chi connectivity index (χ3v) is 5.70. The smallest absolute Gasteiger partial charge is 0.307 e. The maximum atomic E-state index is 11.7. The monoisotopic (exact) mass is 429 g/mol. The molecule has 0 bridgehead atoms. The Hall–Kier alpha value is -2.93. The van der Waals surface area contributed by atoms with Gasteiger partial charge in [-0.1, -0.05) is 6.07 Å². The summed E-state index contributed by atoms with van der Waals surface area (Å²) in [5, 5.41) is 9.63. The zero-order chi connectivity index (χ0) is 22.4. The summed E-state index contributed by atoms with van der Waals surface area (Å²) < 4.78 is 22.4. The quantitative estimate of drug-likeness (QED) is 0.646. The lowest BCUT2D eigenvalue weighted by atomic mass is 9.90. The van der Waals surface area contributed by atoms with Gasteiger partial charge in [-0.3, -0.25) is 9.69 Å². The van der Waals surface area contributed by atoms with Crippen molar-refractivity contribution < 1.29 is 28.8 Å². The predicted octanol–water partition coefficient (Wildman–Crippen LogP) is 4.00. The van der Waals surface area contributed by atoms with E-state index in [2.05, 4.69) is 4.90 Å². The van der Waals surface area contributed by atoms with E-state index in [9.17, 15) is 9.90 Å². The number of piperidine rings is 1. The lowest BCUT2D eigenvalue weighted by Crippen LogP contribution is -2.41. The Morgan fingerprint density at radius 3 is 2.45 bits per heavy atom. The first kappa shape index (κ1) is 22.7. The maximum absolute atomic E-state index is 11.7. The zero-order valence-corrected chi connectivity index (χ0v) is 18.6. The standard InChI is InChI=1S/C24H31NO6/c1-5-31-21-10-8-16(13-22(21)30-4)23(25-12-6-7-17(15-25)24(26)27)19-14-18(28-2)9-11-20(19)29-3/h8-11,13-14,17,23H,5-7,12,15H2,1-4H3,(H,26,27). The summed E-state index contributed by atoms with van der Waals surface area (Å²) in [6.07, 6.45) is 1.49. The van der Waals surface area contributed by atoms with Gasteiger partial charge in [0.2, 0.25) is 0 Å². The van der Waals surface area contributed by atoms with Crippen molar-refractivity contribution in [1.29, 1.82) is 0 Å². The number of benzene rings is 2. The highest BCUT2D eigenvalue weighted by atomic mass is 16.5. The van der Waals surface area contributed by atoms with Crippen molar-refractivity contribution in [3.05, 3.63) is 47.5 Å². The Balaban J connectivity index is 2.13. The van der Waals surface area contributed by atoms with E-state index in [0.717, 1.165) is 29.8 Å². The second kappa shape index (κ2) is 10.4. The van der Waals surface area contributed by atoms with Crippen LogP contribution in [0.5, 0.6) is 23.0 Å². The molecule has 1 saturated heterocycles. The molecule has 7 heteroatoms. The second-order valence-electron chi connectivity index (χ2n) is 7.53. The molecule has 2 aromatic carbocycles. The molecule has 1 N–H and O–H groups in total. The van der Waals surface area contributed by atoms with Gasteiger partial charge in [0, 0.05) is 12.1 Å². The molecule has 0 saturated carbocycles. The Bertz CT molecular complexity index is 900. The van der Waals surface area contributed by atoms with Crippen molar-refractivity contribution in [2.45, 2.75) is 25.8 Å². The van der Waals surface area contributed by atoms with E-state index < -0.39 is 11.9 Å². The van der Waals surface area contributed by atoms with Crippen LogP contribution in [-0.2, 0) is 4.79 Å². The highest BCUT2D eigenvalue weighted by Gasteiger charge is 2.33. The summed E-state index contributed by atoms with van der Waals surface area (Å²) in [6.45, 7) is 3.70. The lowest BCUT2D eigenvalue weighted by molar-refractivity contribution is -0.143. The molecular formula is C24H31NO6. The summed E-state index contributed by atoms with van der Waals surface area (Å²) in [6, 6.07) is 11.3. The van der Waals surface area contributed by atoms with Gasteiger partial charge in [-0.15, -0.1) is 0 Å². The van der Waals surface area contributed by atoms with E-state index >= 15 is 0 Å². The molecule has 0 aromatic heterocycles. The van der Waals surface area contributed by atoms with Gasteiger partial charge in [-0.05, 0) is 62.2 Å². The average molecular weight is 430 g/mol. The first-order valence-electron chi connectivity index (χ1n) is 10.5. The summed E-state index contributed by atoms with van der Waals surface area (Å²) in [5.74, 6) is 1.58. The van der Waals surface area contributed by atoms with Gasteiger partial charge in [-0.2, -0.15) is 0 Å². The van der Waals surface area contributed by atoms with Crippen molar-refractivity contribution in [3.8, 4) is 23.0 Å². The van der Waals surface area contributed by atoms with Crippen LogP contribution in [-0.4, -0.2) is 57.0 Å². The van der Waals surface area contributed by atoms with E-state index in [-0.39, 0.29) is 6.04 Å². The van der Waals surface area contributed by atoms with Crippen molar-refractivity contribution in [2.75, 3.05) is 41.0 Å². The minimum Gasteiger partial charge on any atom is -0.497 e. The van der Waals surface area contributed by atoms with Crippen LogP contribution in [0.4, 0.5) is 0 Å². The predicted molar refractivity (Wildman–Crippen MR) is 117 cm³/mol. The van der Waals surface area contributed by atoms with Crippen LogP contribution in [0.3, 0.4) is 0 Å². The van der Waals surface area contributed by atoms with Crippen LogP contribution >= 0.6 is 0 Å². The number of methoxy groups -OCH3 is 3. The minimum atomic E-state index is -0.759. The highest BCUT2D eigenvalue weighted by molar-refractivity contribution is 5.70. The van der Waals surface area contributed by atoms with Gasteiger partial charge >= 0.3 is 5.97 Å². The molecule has 31 heavy (non-hydrogen) atoms. The van der Waals surface area contributed by atoms with Gasteiger partial charge in [0.25, 0.3) is 0 Å². The number of carbonyl (C=O) groups is 1. The molecule has 3 rings (SSSR count). The van der Waals surface area contributed by atoms with Crippen molar-refractivity contribution in [2.24, 2.45) is 5.92 Å². The largest absolute Gasteiger partial charge is 0.497 e. The molecule has 1 heterocycles. The third-order valence-electron chi connectivity index (χ3n) is 5.70. The van der Waals surface area contributed by atoms with Gasteiger partial charge in [0.1, 0.15) is 11.5 Å². The molecule has 2 atom stereocenters. The Labute approximate surface area is 183 Å². The molecular weight excluding hydrogens is 398 g/mol. The molecule has 168 valence electrons. The number of nitrogens with zero attached hydrogens (tertiary/aromatic N) is 1. The van der Waals surface area contributed by atoms with Crippen LogP contribution in [0.2, 0.25) is 0 Å². The second-order valence-corrected chi connectivity index (χ2v) is 7.53. The molecule has 2 unspecified atom stereocenters. The van der Waals surface area contributed by atoms with E-state index in [4.69, 9.17) is 18.9 Å². The molecule has 0 radical (unpaired) electrons. The summed E-state index contributed by atoms with van der Waals surface area (Å²) >= 11 is 0. The highest BCUT2D eigenvalue weighted by Crippen LogP contribution is 2.41. The Morgan fingerprint density at radius 2 is 1.81 bits per heavy atom. The van der Waals surface area contributed by atoms with Gasteiger partial charge in [0.15, 0.2) is 11.5 Å². The molecule has 7 nitrogen and oxygen atoms in total. The van der Waals surface area contributed by atoms with Crippen LogP contribution in [0, 0.1) is 5.92 Å². The number of hydrogen-bond acceptors (Lipinski definition) is 6. The fourth-order valence-corrected chi connectivity index (χ4v) is 4.21. The SMILES string of the molecule is CCOc1ccc(C(c2cc(OC)ccc2OC)N2CCCC(C(=O)O)C2)cc1OC. The maximum Gasteiger partial charge on any atom is 0.307 e. The fraction of sp³-hybridized carbons (Fsp3) is 0.458. The topological polar surface area (TPSA) is 77.5 Å². The zero-order valence-electron chi connectivity index (χ0n) is 18.6. The number of carboxylic acid groups (broad SMARTS) is 1. The normalized spacial score (nSPS) is 17.6. The number of ether oxygens (including phenoxy) is 4. The van der Waals surface area contributed by atoms with Crippen molar-refractivity contribution >= 4 is 5.97 Å². The number of rotatable bonds is 9. The summed E-state index contributed by atoms with van der Waals surface area (Å²) in [4.78, 5) is 13.9. The first-order valence-corrected chi connectivity index (χ1v) is 10.5. The number of likely N-dealkylation sites (tertiary alicyclic amines) is 1. The number of aliphatic carboxylic acids is 1. The van der Waals surface area contributed by atoms with Crippen LogP contribution in [0.1, 0.15) is 36.9 Å². The molecule has 1 aliphatic heterocycles. The van der Waals surface area contributed by atoms with E-state index in [1.54, 1.807) is 21.3 Å². The van der Waals surface area contributed by atoms with Crippen LogP contribution in [0.15, 0.2) is 36.4 Å². The molecule has 2 aromatic rings. The average Bonchev–Trinajstić information content (AvgIpc) is 2.80. The van der Waals surface area contributed by atoms with Gasteiger partial charge in [0.05, 0.1) is 39.9 Å². The van der Waals surface area contributed by atoms with Crippen LogP contribution < -0.4 is 18.9 Å². The molecule has 0 aliphatic carbocycles. The first-order chi connectivity index (χ1) is 15.0. The fourth-order valence-electron chi connectivity index (χ4n) is 4.21. The van der Waals surface area contributed by atoms with E-state index in [1.807, 2.05) is 43.3 Å². The number of carboxylic acids is 1. The molecule has 1 aliphatic rings. The Morgan fingerprint density at radius 1 is 1.06 bits per heavy atom. The molecule has 1 fully saturated rings. The van der Waals surface area contributed by atoms with Gasteiger partial charge < -0.3 is 24.1 Å². The van der Waals surface area contributed by atoms with Gasteiger partial charge in [-0.25, -0.2) is 0 Å². The van der Waals surface area contributed by atoms with E-state index in [0.29, 0.717) is 36.8 Å². The van der Waals surface area contributed by atoms with Crippen molar-refractivity contribution in [3.63, 3.8) is 0 Å². The molecule has 0 spiro atoms. The van der Waals surface area contributed by atoms with E-state index in [1.165, 1.54) is 0 Å². The minimum absolute atomic E-state index is 0.225. The number of hydrogen-bond donors (Lipinski definition) is 1. The van der Waals surface area contributed by atoms with Crippen LogP contribution in [0.25, 0.3) is 0 Å². The Kier molecular flexibility index (Phi) is 7.63. The summed E-state index contributed by atoms with van der Waals surface area (Å²) in [7, 11) is 4.88. The lowest BCUT2D eigenvalue weighted by Gasteiger charge is -2.38. The molecule has 0 amide bonds. The summed E-state index contributed by atoms with van der Waals surface area (Å²) in [5.41, 5.74) is 1.89. The third kappa shape index (κ3) is 5.05.